The highest BCUT2D eigenvalue weighted by Crippen LogP contribution is 2.44. The number of rotatable bonds is 5. The van der Waals surface area contributed by atoms with Crippen molar-refractivity contribution in [3.05, 3.63) is 0 Å². The zero-order valence-electron chi connectivity index (χ0n) is 13.2. The van der Waals surface area contributed by atoms with Gasteiger partial charge in [-0.25, -0.2) is 0 Å². The Morgan fingerprint density at radius 3 is 1.62 bits per heavy atom. The van der Waals surface area contributed by atoms with Gasteiger partial charge in [-0.2, -0.15) is 0 Å². The third-order valence-corrected chi connectivity index (χ3v) is 4.14. The Morgan fingerprint density at radius 2 is 1.31 bits per heavy atom. The Hall–Kier alpha value is 0. The molecule has 0 heteroatoms. The lowest BCUT2D eigenvalue weighted by Gasteiger charge is -2.41. The van der Waals surface area contributed by atoms with Gasteiger partial charge < -0.3 is 0 Å². The molecule has 98 valence electrons. The van der Waals surface area contributed by atoms with Gasteiger partial charge in [-0.05, 0) is 35.0 Å². The largest absolute Gasteiger partial charge is 0.0649 e. The zero-order chi connectivity index (χ0) is 13.2. The molecule has 0 rings (SSSR count). The van der Waals surface area contributed by atoms with Crippen LogP contribution in [0.4, 0.5) is 0 Å². The fourth-order valence-corrected chi connectivity index (χ4v) is 2.73. The molecule has 1 unspecified atom stereocenters. The molecule has 0 bridgehead atoms. The molecule has 0 saturated carbocycles. The monoisotopic (exact) mass is 226 g/mol. The highest BCUT2D eigenvalue weighted by atomic mass is 14.4. The average molecular weight is 226 g/mol. The highest BCUT2D eigenvalue weighted by Gasteiger charge is 2.33. The van der Waals surface area contributed by atoms with Gasteiger partial charge in [0.15, 0.2) is 0 Å². The molecule has 0 aliphatic heterocycles. The lowest BCUT2D eigenvalue weighted by Crippen LogP contribution is -2.31. The second-order valence-electron chi connectivity index (χ2n) is 8.35. The summed E-state index contributed by atoms with van der Waals surface area (Å²) in [6.45, 7) is 21.5. The van der Waals surface area contributed by atoms with Crippen molar-refractivity contribution < 1.29 is 0 Å². The van der Waals surface area contributed by atoms with E-state index >= 15 is 0 Å². The number of hydrogen-bond acceptors (Lipinski definition) is 0. The number of hydrogen-bond donors (Lipinski definition) is 0. The molecular weight excluding hydrogens is 192 g/mol. The topological polar surface area (TPSA) is 0 Å². The molecule has 0 N–H and O–H groups in total. The second-order valence-corrected chi connectivity index (χ2v) is 8.35. The summed E-state index contributed by atoms with van der Waals surface area (Å²) in [5.41, 5.74) is 1.38. The average Bonchev–Trinajstić information content (AvgIpc) is 1.99. The van der Waals surface area contributed by atoms with Gasteiger partial charge in [0.05, 0.1) is 0 Å². The van der Waals surface area contributed by atoms with Crippen molar-refractivity contribution >= 4 is 0 Å². The first-order valence-corrected chi connectivity index (χ1v) is 6.90. The van der Waals surface area contributed by atoms with E-state index in [1.165, 1.54) is 19.3 Å². The predicted octanol–water partition coefficient (Wildman–Crippen LogP) is 5.91. The van der Waals surface area contributed by atoms with Crippen LogP contribution in [0.5, 0.6) is 0 Å². The van der Waals surface area contributed by atoms with Gasteiger partial charge in [-0.1, -0.05) is 68.7 Å². The van der Waals surface area contributed by atoms with Crippen LogP contribution >= 0.6 is 0 Å². The Bertz CT molecular complexity index is 203. The van der Waals surface area contributed by atoms with Crippen molar-refractivity contribution in [1.82, 2.24) is 0 Å². The van der Waals surface area contributed by atoms with Gasteiger partial charge in [-0.15, -0.1) is 0 Å². The lowest BCUT2D eigenvalue weighted by atomic mass is 9.65. The van der Waals surface area contributed by atoms with E-state index in [2.05, 4.69) is 62.3 Å². The Balaban J connectivity index is 4.54. The standard InChI is InChI=1S/C16H34/c1-10-15(6,7)12-16(8,9)13(2)11-14(3,4)5/h13H,10-12H2,1-9H3. The molecule has 0 saturated heterocycles. The lowest BCUT2D eigenvalue weighted by molar-refractivity contribution is 0.0968. The second kappa shape index (κ2) is 5.10. The molecule has 0 aliphatic carbocycles. The zero-order valence-corrected chi connectivity index (χ0v) is 13.2. The summed E-state index contributed by atoms with van der Waals surface area (Å²) in [5.74, 6) is 0.790. The minimum atomic E-state index is 0.451. The molecule has 0 aliphatic rings. The van der Waals surface area contributed by atoms with Crippen LogP contribution in [-0.2, 0) is 0 Å². The van der Waals surface area contributed by atoms with Crippen molar-refractivity contribution in [1.29, 1.82) is 0 Å². The maximum Gasteiger partial charge on any atom is -0.0323 e. The molecule has 0 aromatic carbocycles. The van der Waals surface area contributed by atoms with Crippen LogP contribution in [0.15, 0.2) is 0 Å². The van der Waals surface area contributed by atoms with E-state index in [1.807, 2.05) is 0 Å². The van der Waals surface area contributed by atoms with Crippen LogP contribution in [0.25, 0.3) is 0 Å². The maximum absolute atomic E-state index is 2.45. The minimum Gasteiger partial charge on any atom is -0.0649 e. The third-order valence-electron chi connectivity index (χ3n) is 4.14. The van der Waals surface area contributed by atoms with E-state index in [0.29, 0.717) is 16.2 Å². The van der Waals surface area contributed by atoms with Crippen LogP contribution in [0.1, 0.15) is 81.6 Å². The van der Waals surface area contributed by atoms with Gasteiger partial charge in [0.25, 0.3) is 0 Å². The first-order valence-electron chi connectivity index (χ1n) is 6.90. The Labute approximate surface area is 104 Å². The van der Waals surface area contributed by atoms with E-state index in [1.54, 1.807) is 0 Å². The normalized spacial score (nSPS) is 16.3. The van der Waals surface area contributed by atoms with Crippen molar-refractivity contribution in [3.63, 3.8) is 0 Å². The summed E-state index contributed by atoms with van der Waals surface area (Å²) in [6, 6.07) is 0. The van der Waals surface area contributed by atoms with Gasteiger partial charge in [-0.3, -0.25) is 0 Å². The van der Waals surface area contributed by atoms with Gasteiger partial charge in [0.1, 0.15) is 0 Å². The van der Waals surface area contributed by atoms with Gasteiger partial charge >= 0.3 is 0 Å². The van der Waals surface area contributed by atoms with Gasteiger partial charge in [0, 0.05) is 0 Å². The van der Waals surface area contributed by atoms with E-state index in [9.17, 15) is 0 Å². The molecular formula is C16H34. The molecule has 0 spiro atoms. The van der Waals surface area contributed by atoms with E-state index < -0.39 is 0 Å². The fourth-order valence-electron chi connectivity index (χ4n) is 2.73. The summed E-state index contributed by atoms with van der Waals surface area (Å²) in [5, 5.41) is 0. The molecule has 0 heterocycles. The van der Waals surface area contributed by atoms with Crippen LogP contribution in [0.3, 0.4) is 0 Å². The molecule has 1 atom stereocenters. The minimum absolute atomic E-state index is 0.451. The predicted molar refractivity (Wildman–Crippen MR) is 75.7 cm³/mol. The van der Waals surface area contributed by atoms with Crippen molar-refractivity contribution in [2.24, 2.45) is 22.2 Å². The van der Waals surface area contributed by atoms with E-state index in [0.717, 1.165) is 5.92 Å². The smallest absolute Gasteiger partial charge is 0.0323 e. The Kier molecular flexibility index (Phi) is 5.10. The molecule has 16 heavy (non-hydrogen) atoms. The summed E-state index contributed by atoms with van der Waals surface area (Å²) in [4.78, 5) is 0. The first-order chi connectivity index (χ1) is 6.90. The van der Waals surface area contributed by atoms with Crippen LogP contribution in [0, 0.1) is 22.2 Å². The molecule has 0 aromatic heterocycles. The van der Waals surface area contributed by atoms with Gasteiger partial charge in [0.2, 0.25) is 0 Å². The SMILES string of the molecule is CCC(C)(C)CC(C)(C)C(C)CC(C)(C)C. The summed E-state index contributed by atoms with van der Waals surface area (Å²) >= 11 is 0. The maximum atomic E-state index is 2.45. The molecule has 0 aromatic rings. The van der Waals surface area contributed by atoms with Crippen molar-refractivity contribution in [2.45, 2.75) is 81.6 Å². The Morgan fingerprint density at radius 1 is 0.875 bits per heavy atom. The molecule has 0 nitrogen and oxygen atoms in total. The van der Waals surface area contributed by atoms with Crippen LogP contribution in [-0.4, -0.2) is 0 Å². The van der Waals surface area contributed by atoms with Crippen molar-refractivity contribution in [2.75, 3.05) is 0 Å². The van der Waals surface area contributed by atoms with Crippen LogP contribution < -0.4 is 0 Å². The third kappa shape index (κ3) is 5.92. The quantitative estimate of drug-likeness (QED) is 0.546. The highest BCUT2D eigenvalue weighted by molar-refractivity contribution is 4.84. The summed E-state index contributed by atoms with van der Waals surface area (Å²) in [7, 11) is 0. The molecule has 0 amide bonds. The van der Waals surface area contributed by atoms with E-state index in [-0.39, 0.29) is 0 Å². The summed E-state index contributed by atoms with van der Waals surface area (Å²) < 4.78 is 0. The molecule has 0 radical (unpaired) electrons. The first kappa shape index (κ1) is 16.0. The molecule has 0 fully saturated rings. The fraction of sp³-hybridized carbons (Fsp3) is 1.00. The van der Waals surface area contributed by atoms with E-state index in [4.69, 9.17) is 0 Å². The van der Waals surface area contributed by atoms with Crippen molar-refractivity contribution in [3.8, 4) is 0 Å². The summed E-state index contributed by atoms with van der Waals surface area (Å²) in [6.07, 6.45) is 3.92. The van der Waals surface area contributed by atoms with Crippen LogP contribution in [0.2, 0.25) is 0 Å².